The zero-order valence-corrected chi connectivity index (χ0v) is 15.8. The van der Waals surface area contributed by atoms with Crippen LogP contribution < -0.4 is 10.1 Å². The molecule has 7 heteroatoms. The largest absolute Gasteiger partial charge is 0.495 e. The summed E-state index contributed by atoms with van der Waals surface area (Å²) < 4.78 is 31.2. The minimum absolute atomic E-state index is 0.0203. The molecule has 2 aromatic carbocycles. The molecule has 0 aromatic heterocycles. The third-order valence-corrected chi connectivity index (χ3v) is 6.36. The molecule has 2 aromatic rings. The van der Waals surface area contributed by atoms with Gasteiger partial charge >= 0.3 is 0 Å². The predicted octanol–water partition coefficient (Wildman–Crippen LogP) is 2.23. The van der Waals surface area contributed by atoms with Crippen molar-refractivity contribution in [1.82, 2.24) is 9.62 Å². The van der Waals surface area contributed by atoms with E-state index in [1.165, 1.54) is 38.9 Å². The Morgan fingerprint density at radius 3 is 2.46 bits per heavy atom. The van der Waals surface area contributed by atoms with Gasteiger partial charge in [0.05, 0.1) is 7.11 Å². The van der Waals surface area contributed by atoms with Gasteiger partial charge in [-0.1, -0.05) is 30.3 Å². The Morgan fingerprint density at radius 2 is 1.85 bits per heavy atom. The summed E-state index contributed by atoms with van der Waals surface area (Å²) in [6, 6.07) is 14.5. The second kappa shape index (κ2) is 7.09. The molecule has 1 fully saturated rings. The highest BCUT2D eigenvalue weighted by Gasteiger charge is 2.39. The van der Waals surface area contributed by atoms with Crippen molar-refractivity contribution in [2.45, 2.75) is 23.3 Å². The highest BCUT2D eigenvalue weighted by molar-refractivity contribution is 7.89. The number of benzene rings is 2. The molecule has 0 radical (unpaired) electrons. The Kier molecular flexibility index (Phi) is 5.02. The normalized spacial score (nSPS) is 19.2. The quantitative estimate of drug-likeness (QED) is 0.841. The molecule has 0 spiro atoms. The van der Waals surface area contributed by atoms with E-state index in [4.69, 9.17) is 4.74 Å². The van der Waals surface area contributed by atoms with Crippen LogP contribution in [0.2, 0.25) is 0 Å². The molecule has 1 saturated carbocycles. The molecule has 0 saturated heterocycles. The maximum Gasteiger partial charge on any atom is 0.251 e. The fourth-order valence-electron chi connectivity index (χ4n) is 2.89. The van der Waals surface area contributed by atoms with E-state index in [2.05, 4.69) is 5.32 Å². The first-order valence-corrected chi connectivity index (χ1v) is 9.75. The Balaban J connectivity index is 1.79. The molecule has 1 amide bonds. The number of sulfonamides is 1. The Hall–Kier alpha value is -2.38. The molecule has 138 valence electrons. The molecule has 1 aliphatic rings. The molecule has 0 unspecified atom stereocenters. The van der Waals surface area contributed by atoms with Gasteiger partial charge in [-0.15, -0.1) is 0 Å². The number of carbonyl (C=O) groups is 1. The van der Waals surface area contributed by atoms with Gasteiger partial charge in [0.2, 0.25) is 10.0 Å². The first kappa shape index (κ1) is 18.4. The molecule has 0 aliphatic heterocycles. The maximum absolute atomic E-state index is 12.6. The number of rotatable bonds is 6. The molecule has 6 nitrogen and oxygen atoms in total. The SMILES string of the molecule is COc1ccc(C(=O)N[C@H]2C[C@H]2c2ccccc2)cc1S(=O)(=O)N(C)C. The number of hydrogen-bond donors (Lipinski definition) is 1. The maximum atomic E-state index is 12.6. The van der Waals surface area contributed by atoms with Gasteiger partial charge in [-0.2, -0.15) is 0 Å². The molecule has 2 atom stereocenters. The second-order valence-corrected chi connectivity index (χ2v) is 8.61. The predicted molar refractivity (Wildman–Crippen MR) is 98.9 cm³/mol. The monoisotopic (exact) mass is 374 g/mol. The van der Waals surface area contributed by atoms with Crippen molar-refractivity contribution in [3.05, 3.63) is 59.7 Å². The molecule has 0 heterocycles. The van der Waals surface area contributed by atoms with Gasteiger partial charge in [-0.25, -0.2) is 12.7 Å². The van der Waals surface area contributed by atoms with Crippen LogP contribution in [0.1, 0.15) is 28.3 Å². The Bertz CT molecular complexity index is 910. The summed E-state index contributed by atoms with van der Waals surface area (Å²) >= 11 is 0. The van der Waals surface area contributed by atoms with Crippen molar-refractivity contribution in [3.8, 4) is 5.75 Å². The summed E-state index contributed by atoms with van der Waals surface area (Å²) in [5.74, 6) is 0.235. The Morgan fingerprint density at radius 1 is 1.15 bits per heavy atom. The average Bonchev–Trinajstić information content (AvgIpc) is 3.40. The number of hydrogen-bond acceptors (Lipinski definition) is 4. The summed E-state index contributed by atoms with van der Waals surface area (Å²) in [4.78, 5) is 12.5. The van der Waals surface area contributed by atoms with Gasteiger partial charge in [0.15, 0.2) is 0 Å². The number of methoxy groups -OCH3 is 1. The first-order valence-electron chi connectivity index (χ1n) is 8.31. The van der Waals surface area contributed by atoms with Gasteiger partial charge in [-0.05, 0) is 30.2 Å². The molecule has 0 bridgehead atoms. The van der Waals surface area contributed by atoms with Crippen LogP contribution in [0.4, 0.5) is 0 Å². The van der Waals surface area contributed by atoms with Crippen molar-refractivity contribution >= 4 is 15.9 Å². The first-order chi connectivity index (χ1) is 12.3. The van der Waals surface area contributed by atoms with Crippen LogP contribution in [0.5, 0.6) is 5.75 Å². The summed E-state index contributed by atoms with van der Waals surface area (Å²) in [5.41, 5.74) is 1.49. The van der Waals surface area contributed by atoms with Crippen molar-refractivity contribution < 1.29 is 17.9 Å². The van der Waals surface area contributed by atoms with Crippen LogP contribution >= 0.6 is 0 Å². The van der Waals surface area contributed by atoms with Crippen LogP contribution in [0, 0.1) is 0 Å². The lowest BCUT2D eigenvalue weighted by atomic mass is 10.1. The van der Waals surface area contributed by atoms with E-state index >= 15 is 0 Å². The Labute approximate surface area is 153 Å². The van der Waals surface area contributed by atoms with E-state index in [1.807, 2.05) is 30.3 Å². The van der Waals surface area contributed by atoms with Gasteiger partial charge in [0, 0.05) is 31.6 Å². The van der Waals surface area contributed by atoms with Gasteiger partial charge < -0.3 is 10.1 Å². The summed E-state index contributed by atoms with van der Waals surface area (Å²) in [6.07, 6.45) is 0.884. The number of carbonyl (C=O) groups excluding carboxylic acids is 1. The van der Waals surface area contributed by atoms with Crippen LogP contribution in [-0.2, 0) is 10.0 Å². The second-order valence-electron chi connectivity index (χ2n) is 6.49. The lowest BCUT2D eigenvalue weighted by molar-refractivity contribution is 0.0950. The highest BCUT2D eigenvalue weighted by atomic mass is 32.2. The third-order valence-electron chi connectivity index (χ3n) is 4.52. The fraction of sp³-hybridized carbons (Fsp3) is 0.316. The van der Waals surface area contributed by atoms with Crippen LogP contribution in [0.25, 0.3) is 0 Å². The van der Waals surface area contributed by atoms with Gasteiger partial charge in [0.1, 0.15) is 10.6 Å². The summed E-state index contributed by atoms with van der Waals surface area (Å²) in [7, 11) is 0.569. The van der Waals surface area contributed by atoms with Crippen molar-refractivity contribution in [1.29, 1.82) is 0 Å². The lowest BCUT2D eigenvalue weighted by Crippen LogP contribution is -2.27. The number of nitrogens with one attached hydrogen (secondary N) is 1. The molecule has 26 heavy (non-hydrogen) atoms. The minimum Gasteiger partial charge on any atom is -0.495 e. The van der Waals surface area contributed by atoms with E-state index in [0.29, 0.717) is 11.5 Å². The smallest absolute Gasteiger partial charge is 0.251 e. The third kappa shape index (κ3) is 3.59. The fourth-order valence-corrected chi connectivity index (χ4v) is 3.97. The zero-order chi connectivity index (χ0) is 18.9. The van der Waals surface area contributed by atoms with Crippen molar-refractivity contribution in [3.63, 3.8) is 0 Å². The van der Waals surface area contributed by atoms with E-state index in [9.17, 15) is 13.2 Å². The van der Waals surface area contributed by atoms with E-state index in [1.54, 1.807) is 6.07 Å². The van der Waals surface area contributed by atoms with Gasteiger partial charge in [-0.3, -0.25) is 4.79 Å². The lowest BCUT2D eigenvalue weighted by Gasteiger charge is -2.15. The van der Waals surface area contributed by atoms with Gasteiger partial charge in [0.25, 0.3) is 5.91 Å². The molecular formula is C19H22N2O4S. The average molecular weight is 374 g/mol. The molecule has 1 aliphatic carbocycles. The number of amides is 1. The van der Waals surface area contributed by atoms with E-state index in [-0.39, 0.29) is 22.6 Å². The van der Waals surface area contributed by atoms with Crippen LogP contribution in [-0.4, -0.2) is 45.9 Å². The summed E-state index contributed by atoms with van der Waals surface area (Å²) in [6.45, 7) is 0. The summed E-state index contributed by atoms with van der Waals surface area (Å²) in [5, 5.41) is 2.98. The van der Waals surface area contributed by atoms with Crippen molar-refractivity contribution in [2.24, 2.45) is 0 Å². The molecular weight excluding hydrogens is 352 g/mol. The van der Waals surface area contributed by atoms with Crippen molar-refractivity contribution in [2.75, 3.05) is 21.2 Å². The van der Waals surface area contributed by atoms with E-state index in [0.717, 1.165) is 10.7 Å². The zero-order valence-electron chi connectivity index (χ0n) is 15.0. The standard InChI is InChI=1S/C19H22N2O4S/c1-21(2)26(23,24)18-11-14(9-10-17(18)25-3)19(22)20-16-12-15(16)13-7-5-4-6-8-13/h4-11,15-16H,12H2,1-3H3,(H,20,22)/t15-,16-/m0/s1. The molecule has 3 rings (SSSR count). The van der Waals surface area contributed by atoms with Crippen LogP contribution in [0.3, 0.4) is 0 Å². The minimum atomic E-state index is -3.71. The molecule has 1 N–H and O–H groups in total. The topological polar surface area (TPSA) is 75.7 Å². The highest BCUT2D eigenvalue weighted by Crippen LogP contribution is 2.40. The number of ether oxygens (including phenoxy) is 1. The van der Waals surface area contributed by atoms with Crippen LogP contribution in [0.15, 0.2) is 53.4 Å². The van der Waals surface area contributed by atoms with E-state index < -0.39 is 10.0 Å². The number of nitrogens with zero attached hydrogens (tertiary/aromatic N) is 1.